The minimum Gasteiger partial charge on any atom is -0.507 e. The highest BCUT2D eigenvalue weighted by Crippen LogP contribution is 2.36. The number of rotatable bonds is 8. The van der Waals surface area contributed by atoms with Gasteiger partial charge in [0.05, 0.1) is 6.42 Å². The molecule has 5 N–H and O–H groups in total. The number of primary amides is 1. The van der Waals surface area contributed by atoms with Gasteiger partial charge < -0.3 is 31.1 Å². The number of phenolic OH excluding ortho intramolecular Hbond substituents is 1. The zero-order valence-electron chi connectivity index (χ0n) is 22.2. The third-order valence-electron chi connectivity index (χ3n) is 4.86. The van der Waals surface area contributed by atoms with Gasteiger partial charge in [-0.05, 0) is 67.9 Å². The number of hydrogen-bond acceptors (Lipinski definition) is 6. The molecule has 0 saturated heterocycles. The molecule has 1 rings (SSSR count). The van der Waals surface area contributed by atoms with E-state index in [9.17, 15) is 24.3 Å². The topological polar surface area (TPSA) is 151 Å². The van der Waals surface area contributed by atoms with Crippen LogP contribution >= 0.6 is 0 Å². The van der Waals surface area contributed by atoms with Crippen LogP contribution in [0.5, 0.6) is 5.75 Å². The molecule has 1 aromatic carbocycles. The molecule has 0 radical (unpaired) electrons. The van der Waals surface area contributed by atoms with Crippen molar-refractivity contribution >= 4 is 23.8 Å². The summed E-state index contributed by atoms with van der Waals surface area (Å²) in [7, 11) is 0. The number of benzene rings is 1. The van der Waals surface area contributed by atoms with Gasteiger partial charge in [0, 0.05) is 17.1 Å². The van der Waals surface area contributed by atoms with Crippen LogP contribution in [0.1, 0.15) is 79.0 Å². The Balaban J connectivity index is 3.66. The zero-order valence-corrected chi connectivity index (χ0v) is 22.2. The molecule has 0 aliphatic rings. The van der Waals surface area contributed by atoms with Gasteiger partial charge in [0.1, 0.15) is 23.4 Å². The number of para-hydroxylation sites is 1. The normalized spacial score (nSPS) is 13.5. The van der Waals surface area contributed by atoms with Gasteiger partial charge in [-0.3, -0.25) is 14.4 Å². The van der Waals surface area contributed by atoms with Crippen molar-refractivity contribution in [1.82, 2.24) is 15.5 Å². The van der Waals surface area contributed by atoms with Crippen molar-refractivity contribution in [2.75, 3.05) is 0 Å². The number of aryl methyl sites for hydroxylation is 1. The van der Waals surface area contributed by atoms with E-state index in [1.165, 1.54) is 4.90 Å². The molecule has 0 bridgehead atoms. The number of nitrogens with two attached hydrogens (primary N) is 1. The Labute approximate surface area is 207 Å². The van der Waals surface area contributed by atoms with E-state index in [0.29, 0.717) is 5.56 Å². The SMILES string of the molecule is Cc1cccc(C(C(=O)NC(C)C)N(C(=O)C(CC(N)=O)NC(=O)OC(C)(C)C)C(C)(C)C)c1O. The number of nitrogens with one attached hydrogen (secondary N) is 2. The summed E-state index contributed by atoms with van der Waals surface area (Å²) in [6.07, 6.45) is -1.42. The van der Waals surface area contributed by atoms with Crippen molar-refractivity contribution in [2.45, 2.75) is 98.0 Å². The van der Waals surface area contributed by atoms with Crippen LogP contribution in [0.4, 0.5) is 4.79 Å². The van der Waals surface area contributed by atoms with Crippen molar-refractivity contribution < 1.29 is 29.0 Å². The number of carbonyl (C=O) groups is 4. The van der Waals surface area contributed by atoms with Crippen molar-refractivity contribution in [1.29, 1.82) is 0 Å². The molecule has 0 aromatic heterocycles. The van der Waals surface area contributed by atoms with Gasteiger partial charge in [0.15, 0.2) is 0 Å². The van der Waals surface area contributed by atoms with Crippen LogP contribution in [0.15, 0.2) is 18.2 Å². The first-order chi connectivity index (χ1) is 15.8. The smallest absolute Gasteiger partial charge is 0.408 e. The Morgan fingerprint density at radius 1 is 1.06 bits per heavy atom. The molecule has 1 aromatic rings. The summed E-state index contributed by atoms with van der Waals surface area (Å²) in [5.41, 5.74) is 4.29. The Hall–Kier alpha value is -3.30. The van der Waals surface area contributed by atoms with Crippen LogP contribution in [0.3, 0.4) is 0 Å². The fraction of sp³-hybridized carbons (Fsp3) is 0.600. The first kappa shape index (κ1) is 29.7. The molecule has 196 valence electrons. The van der Waals surface area contributed by atoms with Crippen LogP contribution in [-0.4, -0.2) is 57.0 Å². The minimum atomic E-state index is -1.40. The van der Waals surface area contributed by atoms with E-state index in [-0.39, 0.29) is 17.4 Å². The van der Waals surface area contributed by atoms with E-state index in [4.69, 9.17) is 10.5 Å². The lowest BCUT2D eigenvalue weighted by molar-refractivity contribution is -0.149. The van der Waals surface area contributed by atoms with Gasteiger partial charge in [-0.1, -0.05) is 18.2 Å². The van der Waals surface area contributed by atoms with E-state index in [2.05, 4.69) is 10.6 Å². The van der Waals surface area contributed by atoms with E-state index in [0.717, 1.165) is 0 Å². The number of alkyl carbamates (subject to hydrolysis) is 1. The number of nitrogens with zero attached hydrogens (tertiary/aromatic N) is 1. The van der Waals surface area contributed by atoms with Gasteiger partial charge in [-0.15, -0.1) is 0 Å². The molecular formula is C25H40N4O6. The van der Waals surface area contributed by atoms with Gasteiger partial charge in [-0.25, -0.2) is 4.79 Å². The third-order valence-corrected chi connectivity index (χ3v) is 4.86. The fourth-order valence-corrected chi connectivity index (χ4v) is 3.53. The second kappa shape index (κ2) is 11.4. The standard InChI is InChI=1S/C25H40N4O6/c1-14(2)27-21(32)19(16-12-10-11-15(3)20(16)31)29(24(4,5)6)22(33)17(13-18(26)30)28-23(34)35-25(7,8)9/h10-12,14,17,19,31H,13H2,1-9H3,(H2,26,30)(H,27,32)(H,28,34). The fourth-order valence-electron chi connectivity index (χ4n) is 3.53. The number of hydrogen-bond donors (Lipinski definition) is 4. The van der Waals surface area contributed by atoms with Crippen molar-refractivity contribution in [2.24, 2.45) is 5.73 Å². The first-order valence-corrected chi connectivity index (χ1v) is 11.5. The Bertz CT molecular complexity index is 946. The Kier molecular flexibility index (Phi) is 9.70. The molecule has 0 aliphatic heterocycles. The van der Waals surface area contributed by atoms with Gasteiger partial charge in [-0.2, -0.15) is 0 Å². The maximum absolute atomic E-state index is 13.9. The van der Waals surface area contributed by atoms with Crippen LogP contribution < -0.4 is 16.4 Å². The average molecular weight is 493 g/mol. The highest BCUT2D eigenvalue weighted by molar-refractivity contribution is 5.95. The van der Waals surface area contributed by atoms with E-state index in [1.54, 1.807) is 80.5 Å². The lowest BCUT2D eigenvalue weighted by Crippen LogP contribution is -2.59. The van der Waals surface area contributed by atoms with Crippen LogP contribution in [-0.2, 0) is 19.1 Å². The first-order valence-electron chi connectivity index (χ1n) is 11.5. The number of ether oxygens (including phenoxy) is 1. The molecule has 10 nitrogen and oxygen atoms in total. The highest BCUT2D eigenvalue weighted by atomic mass is 16.6. The summed E-state index contributed by atoms with van der Waals surface area (Å²) in [5.74, 6) is -2.22. The molecule has 10 heteroatoms. The molecule has 2 atom stereocenters. The van der Waals surface area contributed by atoms with Gasteiger partial charge in [0.2, 0.25) is 17.7 Å². The molecule has 0 spiro atoms. The van der Waals surface area contributed by atoms with Crippen LogP contribution in [0.2, 0.25) is 0 Å². The molecule has 35 heavy (non-hydrogen) atoms. The van der Waals surface area contributed by atoms with Crippen molar-refractivity contribution in [3.8, 4) is 5.75 Å². The number of amides is 4. The summed E-state index contributed by atoms with van der Waals surface area (Å²) >= 11 is 0. The van der Waals surface area contributed by atoms with Gasteiger partial charge >= 0.3 is 6.09 Å². The largest absolute Gasteiger partial charge is 0.507 e. The molecule has 0 heterocycles. The molecule has 4 amide bonds. The predicted octanol–water partition coefficient (Wildman–Crippen LogP) is 2.66. The Morgan fingerprint density at radius 3 is 2.09 bits per heavy atom. The molecule has 0 saturated carbocycles. The monoisotopic (exact) mass is 492 g/mol. The summed E-state index contributed by atoms with van der Waals surface area (Å²) in [5, 5.41) is 16.0. The minimum absolute atomic E-state index is 0.134. The average Bonchev–Trinajstić information content (AvgIpc) is 2.64. The van der Waals surface area contributed by atoms with Crippen LogP contribution in [0, 0.1) is 6.92 Å². The van der Waals surface area contributed by atoms with E-state index >= 15 is 0 Å². The quantitative estimate of drug-likeness (QED) is 0.438. The third kappa shape index (κ3) is 8.77. The summed E-state index contributed by atoms with van der Waals surface area (Å²) in [6.45, 7) is 15.3. The molecule has 0 fully saturated rings. The van der Waals surface area contributed by atoms with Crippen LogP contribution in [0.25, 0.3) is 0 Å². The summed E-state index contributed by atoms with van der Waals surface area (Å²) in [4.78, 5) is 52.9. The second-order valence-corrected chi connectivity index (χ2v) is 10.8. The lowest BCUT2D eigenvalue weighted by atomic mass is 9.93. The van der Waals surface area contributed by atoms with Crippen molar-refractivity contribution in [3.05, 3.63) is 29.3 Å². The molecular weight excluding hydrogens is 452 g/mol. The maximum Gasteiger partial charge on any atom is 0.408 e. The summed E-state index contributed by atoms with van der Waals surface area (Å²) < 4.78 is 5.25. The predicted molar refractivity (Wildman–Crippen MR) is 132 cm³/mol. The highest BCUT2D eigenvalue weighted by Gasteiger charge is 2.43. The molecule has 0 aliphatic carbocycles. The second-order valence-electron chi connectivity index (χ2n) is 10.8. The van der Waals surface area contributed by atoms with Crippen molar-refractivity contribution in [3.63, 3.8) is 0 Å². The zero-order chi connectivity index (χ0) is 27.3. The Morgan fingerprint density at radius 2 is 1.63 bits per heavy atom. The molecule has 2 unspecified atom stereocenters. The summed E-state index contributed by atoms with van der Waals surface area (Å²) in [6, 6.07) is 1.99. The lowest BCUT2D eigenvalue weighted by Gasteiger charge is -2.43. The number of carbonyl (C=O) groups excluding carboxylic acids is 4. The maximum atomic E-state index is 13.9. The van der Waals surface area contributed by atoms with Gasteiger partial charge in [0.25, 0.3) is 0 Å². The number of aromatic hydroxyl groups is 1. The van der Waals surface area contributed by atoms with E-state index in [1.807, 2.05) is 0 Å². The van der Waals surface area contributed by atoms with E-state index < -0.39 is 53.5 Å². The number of phenols is 1.